The van der Waals surface area contributed by atoms with Crippen molar-refractivity contribution in [3.8, 4) is 16.9 Å². The van der Waals surface area contributed by atoms with Crippen LogP contribution in [0.1, 0.15) is 35.6 Å². The van der Waals surface area contributed by atoms with Crippen molar-refractivity contribution in [1.29, 1.82) is 0 Å². The van der Waals surface area contributed by atoms with E-state index in [2.05, 4.69) is 21.8 Å². The molecule has 2 amide bonds. The predicted molar refractivity (Wildman–Crippen MR) is 129 cm³/mol. The molecule has 172 valence electrons. The molecule has 0 aliphatic heterocycles. The van der Waals surface area contributed by atoms with Gasteiger partial charge < -0.3 is 10.4 Å². The third-order valence-electron chi connectivity index (χ3n) is 7.12. The van der Waals surface area contributed by atoms with Gasteiger partial charge in [-0.1, -0.05) is 42.5 Å². The summed E-state index contributed by atoms with van der Waals surface area (Å²) < 4.78 is 3.46. The van der Waals surface area contributed by atoms with Crippen LogP contribution in [0.25, 0.3) is 16.9 Å². The van der Waals surface area contributed by atoms with Crippen LogP contribution in [0.15, 0.2) is 67.0 Å². The van der Waals surface area contributed by atoms with Gasteiger partial charge in [0, 0.05) is 29.8 Å². The number of hydrogen-bond donors (Lipinski definition) is 3. The molecule has 1 spiro atoms. The van der Waals surface area contributed by atoms with E-state index < -0.39 is 12.1 Å². The quantitative estimate of drug-likeness (QED) is 0.436. The third kappa shape index (κ3) is 3.13. The van der Waals surface area contributed by atoms with E-state index in [-0.39, 0.29) is 11.4 Å². The van der Waals surface area contributed by atoms with Crippen molar-refractivity contribution in [3.05, 3.63) is 83.7 Å². The summed E-state index contributed by atoms with van der Waals surface area (Å²) in [7, 11) is 1.86. The van der Waals surface area contributed by atoms with Crippen molar-refractivity contribution in [3.63, 3.8) is 0 Å². The number of para-hydroxylation sites is 1. The minimum atomic E-state index is -0.637. The zero-order chi connectivity index (χ0) is 23.4. The molecule has 0 saturated heterocycles. The Bertz CT molecular complexity index is 1390. The molecule has 0 unspecified atom stereocenters. The number of anilines is 1. The number of aryl methyl sites for hydroxylation is 1. The van der Waals surface area contributed by atoms with Crippen molar-refractivity contribution >= 4 is 11.8 Å². The van der Waals surface area contributed by atoms with Gasteiger partial charge in [0.1, 0.15) is 11.5 Å². The van der Waals surface area contributed by atoms with E-state index >= 15 is 0 Å². The van der Waals surface area contributed by atoms with E-state index in [1.54, 1.807) is 15.6 Å². The van der Waals surface area contributed by atoms with Crippen LogP contribution in [0.3, 0.4) is 0 Å². The summed E-state index contributed by atoms with van der Waals surface area (Å²) in [6.07, 6.45) is 4.91. The van der Waals surface area contributed by atoms with E-state index in [0.29, 0.717) is 5.82 Å². The number of hydrogen-bond acceptors (Lipinski definition) is 4. The Morgan fingerprint density at radius 2 is 1.85 bits per heavy atom. The van der Waals surface area contributed by atoms with Crippen LogP contribution in [-0.4, -0.2) is 36.8 Å². The lowest BCUT2D eigenvalue weighted by Gasteiger charge is -2.21. The monoisotopic (exact) mass is 454 g/mol. The fourth-order valence-electron chi connectivity index (χ4n) is 5.23. The molecule has 4 aromatic rings. The average Bonchev–Trinajstić information content (AvgIpc) is 3.38. The van der Waals surface area contributed by atoms with Gasteiger partial charge in [-0.3, -0.25) is 10.00 Å². The summed E-state index contributed by atoms with van der Waals surface area (Å²) in [5.74, 6) is 0.574. The zero-order valence-electron chi connectivity index (χ0n) is 19.1. The molecule has 8 nitrogen and oxygen atoms in total. The van der Waals surface area contributed by atoms with Crippen molar-refractivity contribution in [2.45, 2.75) is 37.3 Å². The highest BCUT2D eigenvalue weighted by Gasteiger charge is 2.59. The molecule has 2 heterocycles. The summed E-state index contributed by atoms with van der Waals surface area (Å²) in [5.41, 5.74) is 5.20. The fourth-order valence-corrected chi connectivity index (χ4v) is 5.23. The SMILES string of the molecule is Cc1c(-c2cnn(C)c2)nn(-c2ccccc2)c1NC(=O)N[C@@H]1c2ccccc2C2(CC2)[C@H]1O. The minimum Gasteiger partial charge on any atom is -0.390 e. The van der Waals surface area contributed by atoms with E-state index in [0.717, 1.165) is 46.5 Å². The molecule has 0 bridgehead atoms. The van der Waals surface area contributed by atoms with Gasteiger partial charge in [0.25, 0.3) is 0 Å². The van der Waals surface area contributed by atoms with E-state index in [1.165, 1.54) is 0 Å². The largest absolute Gasteiger partial charge is 0.390 e. The number of aliphatic hydroxyl groups excluding tert-OH is 1. The van der Waals surface area contributed by atoms with Crippen LogP contribution < -0.4 is 10.6 Å². The number of aromatic nitrogens is 4. The summed E-state index contributed by atoms with van der Waals surface area (Å²) in [5, 5.41) is 26.2. The van der Waals surface area contributed by atoms with Crippen LogP contribution in [0.4, 0.5) is 10.6 Å². The Morgan fingerprint density at radius 1 is 1.12 bits per heavy atom. The van der Waals surface area contributed by atoms with Crippen LogP contribution in [0.2, 0.25) is 0 Å². The molecule has 2 aromatic carbocycles. The molecule has 6 rings (SSSR count). The highest BCUT2D eigenvalue weighted by molar-refractivity contribution is 5.91. The summed E-state index contributed by atoms with van der Waals surface area (Å²) in [4.78, 5) is 13.2. The van der Waals surface area contributed by atoms with Crippen LogP contribution in [-0.2, 0) is 12.5 Å². The Morgan fingerprint density at radius 3 is 2.56 bits per heavy atom. The molecule has 34 heavy (non-hydrogen) atoms. The predicted octanol–water partition coefficient (Wildman–Crippen LogP) is 3.85. The lowest BCUT2D eigenvalue weighted by molar-refractivity contribution is 0.109. The maximum absolute atomic E-state index is 13.2. The Balaban J connectivity index is 1.33. The molecule has 2 atom stereocenters. The van der Waals surface area contributed by atoms with Gasteiger partial charge in [0.2, 0.25) is 0 Å². The highest BCUT2D eigenvalue weighted by atomic mass is 16.3. The molecule has 2 aromatic heterocycles. The highest BCUT2D eigenvalue weighted by Crippen LogP contribution is 2.59. The van der Waals surface area contributed by atoms with E-state index in [9.17, 15) is 9.90 Å². The molecular formula is C26H26N6O2. The summed E-state index contributed by atoms with van der Waals surface area (Å²) in [6, 6.07) is 16.9. The second-order valence-corrected chi connectivity index (χ2v) is 9.24. The standard InChI is InChI=1S/C26H26N6O2/c1-16-21(17-14-27-31(2)15-17)30-32(18-8-4-3-5-9-18)24(16)29-25(34)28-22-19-10-6-7-11-20(19)26(12-13-26)23(22)33/h3-11,14-15,22-23,33H,12-13H2,1-2H3,(H2,28,29,34)/t22-,23+/m1/s1. The number of amides is 2. The number of fused-ring (bicyclic) bond motifs is 2. The van der Waals surface area contributed by atoms with Crippen molar-refractivity contribution in [2.24, 2.45) is 7.05 Å². The lowest BCUT2D eigenvalue weighted by atomic mass is 9.97. The van der Waals surface area contributed by atoms with Crippen molar-refractivity contribution < 1.29 is 9.90 Å². The summed E-state index contributed by atoms with van der Waals surface area (Å²) >= 11 is 0. The van der Waals surface area contributed by atoms with Crippen LogP contribution in [0.5, 0.6) is 0 Å². The Labute approximate surface area is 197 Å². The van der Waals surface area contributed by atoms with Crippen molar-refractivity contribution in [2.75, 3.05) is 5.32 Å². The van der Waals surface area contributed by atoms with Crippen LogP contribution >= 0.6 is 0 Å². The maximum atomic E-state index is 13.2. The van der Waals surface area contributed by atoms with Gasteiger partial charge in [-0.05, 0) is 43.0 Å². The molecule has 1 fully saturated rings. The first kappa shape index (κ1) is 20.7. The fraction of sp³-hybridized carbons (Fsp3) is 0.269. The number of urea groups is 1. The number of carbonyl (C=O) groups excluding carboxylic acids is 1. The first-order valence-corrected chi connectivity index (χ1v) is 11.5. The number of nitrogens with one attached hydrogen (secondary N) is 2. The number of aliphatic hydroxyl groups is 1. The van der Waals surface area contributed by atoms with Gasteiger partial charge in [-0.2, -0.15) is 10.2 Å². The second-order valence-electron chi connectivity index (χ2n) is 9.24. The smallest absolute Gasteiger partial charge is 0.320 e. The second kappa shape index (κ2) is 7.56. The molecule has 3 N–H and O–H groups in total. The molecule has 0 radical (unpaired) electrons. The third-order valence-corrected chi connectivity index (χ3v) is 7.12. The van der Waals surface area contributed by atoms with Gasteiger partial charge >= 0.3 is 6.03 Å². The topological polar surface area (TPSA) is 97.0 Å². The molecule has 2 aliphatic rings. The van der Waals surface area contributed by atoms with Gasteiger partial charge in [-0.15, -0.1) is 0 Å². The molecule has 1 saturated carbocycles. The van der Waals surface area contributed by atoms with Gasteiger partial charge in [0.15, 0.2) is 0 Å². The molecular weight excluding hydrogens is 428 g/mol. The minimum absolute atomic E-state index is 0.219. The number of rotatable bonds is 4. The average molecular weight is 455 g/mol. The normalized spacial score (nSPS) is 19.7. The molecule has 2 aliphatic carbocycles. The van der Waals surface area contributed by atoms with Crippen molar-refractivity contribution in [1.82, 2.24) is 24.9 Å². The first-order chi connectivity index (χ1) is 16.5. The lowest BCUT2D eigenvalue weighted by Crippen LogP contribution is -2.39. The number of carbonyl (C=O) groups is 1. The number of nitrogens with zero attached hydrogens (tertiary/aromatic N) is 4. The first-order valence-electron chi connectivity index (χ1n) is 11.5. The number of benzene rings is 2. The maximum Gasteiger partial charge on any atom is 0.320 e. The van der Waals surface area contributed by atoms with Gasteiger partial charge in [-0.25, -0.2) is 9.48 Å². The summed E-state index contributed by atoms with van der Waals surface area (Å²) in [6.45, 7) is 1.93. The molecule has 8 heteroatoms. The Kier molecular flexibility index (Phi) is 4.60. The van der Waals surface area contributed by atoms with E-state index in [1.807, 2.05) is 68.7 Å². The van der Waals surface area contributed by atoms with Gasteiger partial charge in [0.05, 0.1) is 24.0 Å². The van der Waals surface area contributed by atoms with E-state index in [4.69, 9.17) is 5.10 Å². The Hall–Kier alpha value is -3.91. The van der Waals surface area contributed by atoms with Crippen LogP contribution in [0, 0.1) is 6.92 Å². The zero-order valence-corrected chi connectivity index (χ0v) is 19.1.